The van der Waals surface area contributed by atoms with Gasteiger partial charge in [0.25, 0.3) is 0 Å². The maximum atomic E-state index is 10.6. The molecule has 0 saturated heterocycles. The molecule has 3 heteroatoms. The number of hydrogen-bond acceptors (Lipinski definition) is 2. The van der Waals surface area contributed by atoms with E-state index in [0.717, 1.165) is 17.0 Å². The predicted molar refractivity (Wildman–Crippen MR) is 61.4 cm³/mol. The van der Waals surface area contributed by atoms with Gasteiger partial charge >= 0.3 is 0 Å². The summed E-state index contributed by atoms with van der Waals surface area (Å²) < 4.78 is 0. The molecule has 1 N–H and O–H groups in total. The van der Waals surface area contributed by atoms with Crippen molar-refractivity contribution in [2.75, 3.05) is 6.54 Å². The van der Waals surface area contributed by atoms with E-state index in [0.29, 0.717) is 6.54 Å². The normalized spacial score (nSPS) is 10.6. The van der Waals surface area contributed by atoms with E-state index in [1.807, 2.05) is 38.1 Å². The lowest BCUT2D eigenvalue weighted by Gasteiger charge is -2.00. The van der Waals surface area contributed by atoms with Crippen LogP contribution in [0, 0.1) is 13.8 Å². The third-order valence-corrected chi connectivity index (χ3v) is 2.03. The molecule has 0 aliphatic heterocycles. The van der Waals surface area contributed by atoms with Gasteiger partial charge in [0.2, 0.25) is 5.91 Å². The van der Waals surface area contributed by atoms with E-state index in [4.69, 9.17) is 0 Å². The number of nitrogens with zero attached hydrogens (tertiary/aromatic N) is 1. The highest BCUT2D eigenvalue weighted by atomic mass is 16.1. The summed E-state index contributed by atoms with van der Waals surface area (Å²) in [5.74, 6) is -0.0154. The SMILES string of the molecule is CC(=O)NCC=Cc1ccc(C)nc1C. The Labute approximate surface area is 90.2 Å². The van der Waals surface area contributed by atoms with E-state index in [1.165, 1.54) is 6.92 Å². The molecule has 1 aromatic rings. The molecule has 0 aromatic carbocycles. The number of carbonyl (C=O) groups is 1. The Kier molecular flexibility index (Phi) is 4.03. The Hall–Kier alpha value is -1.64. The molecule has 15 heavy (non-hydrogen) atoms. The van der Waals surface area contributed by atoms with Crippen LogP contribution in [-0.4, -0.2) is 17.4 Å². The minimum absolute atomic E-state index is 0.0154. The minimum atomic E-state index is -0.0154. The lowest BCUT2D eigenvalue weighted by molar-refractivity contribution is -0.118. The number of hydrogen-bond donors (Lipinski definition) is 1. The van der Waals surface area contributed by atoms with Gasteiger partial charge in [-0.25, -0.2) is 0 Å². The first kappa shape index (κ1) is 11.4. The standard InChI is InChI=1S/C12H16N2O/c1-9-6-7-12(10(2)14-9)5-4-8-13-11(3)15/h4-7H,8H2,1-3H3,(H,13,15). The van der Waals surface area contributed by atoms with Crippen LogP contribution in [0.25, 0.3) is 6.08 Å². The number of nitrogens with one attached hydrogen (secondary N) is 1. The number of carbonyl (C=O) groups excluding carboxylic acids is 1. The molecular formula is C12H16N2O. The van der Waals surface area contributed by atoms with E-state index in [9.17, 15) is 4.79 Å². The first-order chi connectivity index (χ1) is 7.09. The second-order valence-corrected chi connectivity index (χ2v) is 3.47. The molecule has 3 nitrogen and oxygen atoms in total. The quantitative estimate of drug-likeness (QED) is 0.816. The molecule has 1 rings (SSSR count). The van der Waals surface area contributed by atoms with Crippen LogP contribution in [0.3, 0.4) is 0 Å². The summed E-state index contributed by atoms with van der Waals surface area (Å²) in [5.41, 5.74) is 3.12. The molecule has 0 spiro atoms. The largest absolute Gasteiger partial charge is 0.353 e. The molecule has 0 fully saturated rings. The molecule has 1 aromatic heterocycles. The molecule has 0 aliphatic rings. The summed E-state index contributed by atoms with van der Waals surface area (Å²) >= 11 is 0. The molecule has 1 heterocycles. The van der Waals surface area contributed by atoms with E-state index < -0.39 is 0 Å². The van der Waals surface area contributed by atoms with Crippen molar-refractivity contribution in [2.45, 2.75) is 20.8 Å². The van der Waals surface area contributed by atoms with Gasteiger partial charge in [-0.1, -0.05) is 18.2 Å². The summed E-state index contributed by atoms with van der Waals surface area (Å²) in [4.78, 5) is 15.0. The third kappa shape index (κ3) is 3.94. The first-order valence-corrected chi connectivity index (χ1v) is 4.95. The van der Waals surface area contributed by atoms with Crippen molar-refractivity contribution in [1.29, 1.82) is 0 Å². The van der Waals surface area contributed by atoms with Crippen molar-refractivity contribution in [1.82, 2.24) is 10.3 Å². The van der Waals surface area contributed by atoms with Crippen LogP contribution in [0.5, 0.6) is 0 Å². The van der Waals surface area contributed by atoms with Crippen molar-refractivity contribution < 1.29 is 4.79 Å². The lowest BCUT2D eigenvalue weighted by Crippen LogP contribution is -2.19. The van der Waals surface area contributed by atoms with Gasteiger partial charge in [-0.3, -0.25) is 9.78 Å². The molecule has 0 bridgehead atoms. The highest BCUT2D eigenvalue weighted by molar-refractivity contribution is 5.73. The fourth-order valence-corrected chi connectivity index (χ4v) is 1.26. The molecule has 0 unspecified atom stereocenters. The van der Waals surface area contributed by atoms with E-state index in [1.54, 1.807) is 0 Å². The zero-order valence-electron chi connectivity index (χ0n) is 9.37. The van der Waals surface area contributed by atoms with Crippen LogP contribution in [0.4, 0.5) is 0 Å². The Morgan fingerprint density at radius 3 is 2.80 bits per heavy atom. The van der Waals surface area contributed by atoms with Gasteiger partial charge in [0.15, 0.2) is 0 Å². The third-order valence-electron chi connectivity index (χ3n) is 2.03. The van der Waals surface area contributed by atoms with Crippen LogP contribution < -0.4 is 5.32 Å². The maximum absolute atomic E-state index is 10.6. The van der Waals surface area contributed by atoms with Crippen molar-refractivity contribution >= 4 is 12.0 Å². The smallest absolute Gasteiger partial charge is 0.217 e. The second-order valence-electron chi connectivity index (χ2n) is 3.47. The fourth-order valence-electron chi connectivity index (χ4n) is 1.26. The number of rotatable bonds is 3. The predicted octanol–water partition coefficient (Wildman–Crippen LogP) is 1.85. The minimum Gasteiger partial charge on any atom is -0.353 e. The van der Waals surface area contributed by atoms with Gasteiger partial charge < -0.3 is 5.32 Å². The van der Waals surface area contributed by atoms with Crippen LogP contribution in [0.15, 0.2) is 18.2 Å². The van der Waals surface area contributed by atoms with Crippen molar-refractivity contribution in [2.24, 2.45) is 0 Å². The molecule has 80 valence electrons. The summed E-state index contributed by atoms with van der Waals surface area (Å²) in [6, 6.07) is 4.01. The first-order valence-electron chi connectivity index (χ1n) is 4.95. The van der Waals surface area contributed by atoms with Crippen LogP contribution >= 0.6 is 0 Å². The van der Waals surface area contributed by atoms with Crippen LogP contribution in [0.2, 0.25) is 0 Å². The summed E-state index contributed by atoms with van der Waals surface area (Å²) in [6.07, 6.45) is 3.89. The van der Waals surface area contributed by atoms with Gasteiger partial charge in [-0.15, -0.1) is 0 Å². The Balaban J connectivity index is 2.60. The highest BCUT2D eigenvalue weighted by Gasteiger charge is 1.95. The second kappa shape index (κ2) is 5.29. The lowest BCUT2D eigenvalue weighted by atomic mass is 10.2. The molecule has 0 atom stereocenters. The molecule has 0 saturated carbocycles. The average Bonchev–Trinajstić information content (AvgIpc) is 2.14. The average molecular weight is 204 g/mol. The maximum Gasteiger partial charge on any atom is 0.217 e. The van der Waals surface area contributed by atoms with E-state index in [-0.39, 0.29) is 5.91 Å². The zero-order chi connectivity index (χ0) is 11.3. The van der Waals surface area contributed by atoms with Gasteiger partial charge in [0, 0.05) is 24.9 Å². The zero-order valence-corrected chi connectivity index (χ0v) is 9.37. The molecule has 0 radical (unpaired) electrons. The van der Waals surface area contributed by atoms with Gasteiger partial charge in [-0.2, -0.15) is 0 Å². The fraction of sp³-hybridized carbons (Fsp3) is 0.333. The number of pyridine rings is 1. The topological polar surface area (TPSA) is 42.0 Å². The number of aryl methyl sites for hydroxylation is 2. The van der Waals surface area contributed by atoms with E-state index in [2.05, 4.69) is 10.3 Å². The molecular weight excluding hydrogens is 188 g/mol. The Morgan fingerprint density at radius 2 is 2.20 bits per heavy atom. The van der Waals surface area contributed by atoms with Crippen molar-refractivity contribution in [3.8, 4) is 0 Å². The summed E-state index contributed by atoms with van der Waals surface area (Å²) in [5, 5.41) is 2.70. The molecule has 0 aliphatic carbocycles. The van der Waals surface area contributed by atoms with Crippen LogP contribution in [-0.2, 0) is 4.79 Å². The number of amides is 1. The number of aromatic nitrogens is 1. The van der Waals surface area contributed by atoms with Gasteiger partial charge in [0.05, 0.1) is 0 Å². The Bertz CT molecular complexity index is 383. The Morgan fingerprint density at radius 1 is 1.47 bits per heavy atom. The van der Waals surface area contributed by atoms with Crippen molar-refractivity contribution in [3.05, 3.63) is 35.2 Å². The molecule has 1 amide bonds. The summed E-state index contributed by atoms with van der Waals surface area (Å²) in [6.45, 7) is 6.01. The van der Waals surface area contributed by atoms with Gasteiger partial charge in [-0.05, 0) is 25.5 Å². The van der Waals surface area contributed by atoms with Gasteiger partial charge in [0.1, 0.15) is 0 Å². The van der Waals surface area contributed by atoms with Crippen molar-refractivity contribution in [3.63, 3.8) is 0 Å². The highest BCUT2D eigenvalue weighted by Crippen LogP contribution is 2.07. The van der Waals surface area contributed by atoms with Crippen LogP contribution in [0.1, 0.15) is 23.9 Å². The monoisotopic (exact) mass is 204 g/mol. The summed E-state index contributed by atoms with van der Waals surface area (Å²) in [7, 11) is 0. The van der Waals surface area contributed by atoms with E-state index >= 15 is 0 Å².